The largest absolute Gasteiger partial charge is 0.325 e. The molecule has 29 heavy (non-hydrogen) atoms. The van der Waals surface area contributed by atoms with Crippen LogP contribution in [0.4, 0.5) is 5.69 Å². The van der Waals surface area contributed by atoms with Gasteiger partial charge in [-0.3, -0.25) is 9.69 Å². The van der Waals surface area contributed by atoms with Gasteiger partial charge in [0.25, 0.3) is 0 Å². The minimum absolute atomic E-state index is 0.0919. The van der Waals surface area contributed by atoms with Crippen molar-refractivity contribution in [2.75, 3.05) is 25.0 Å². The molecule has 6 nitrogen and oxygen atoms in total. The van der Waals surface area contributed by atoms with Gasteiger partial charge in [0.15, 0.2) is 0 Å². The lowest BCUT2D eigenvalue weighted by molar-refractivity contribution is -0.116. The van der Waals surface area contributed by atoms with Gasteiger partial charge < -0.3 is 5.32 Å². The van der Waals surface area contributed by atoms with Gasteiger partial charge in [0.05, 0.1) is 10.6 Å². The van der Waals surface area contributed by atoms with E-state index in [4.69, 9.17) is 0 Å². The van der Waals surface area contributed by atoms with E-state index in [1.807, 2.05) is 25.1 Å². The van der Waals surface area contributed by atoms with Crippen LogP contribution in [0.2, 0.25) is 0 Å². The van der Waals surface area contributed by atoms with E-state index in [-0.39, 0.29) is 16.1 Å². The summed E-state index contributed by atoms with van der Waals surface area (Å²) >= 11 is 1.58. The summed E-state index contributed by atoms with van der Waals surface area (Å²) in [6.07, 6.45) is 0.411. The van der Waals surface area contributed by atoms with Crippen molar-refractivity contribution in [3.63, 3.8) is 0 Å². The lowest BCUT2D eigenvalue weighted by Crippen LogP contribution is -2.34. The van der Waals surface area contributed by atoms with Gasteiger partial charge in [-0.15, -0.1) is 11.8 Å². The normalized spacial score (nSPS) is 16.9. The first-order valence-electron chi connectivity index (χ1n) is 9.74. The number of carbonyl (C=O) groups is 1. The highest BCUT2D eigenvalue weighted by atomic mass is 32.2. The highest BCUT2D eigenvalue weighted by Crippen LogP contribution is 2.36. The van der Waals surface area contributed by atoms with Gasteiger partial charge in [0, 0.05) is 36.2 Å². The van der Waals surface area contributed by atoms with E-state index in [0.717, 1.165) is 18.0 Å². The summed E-state index contributed by atoms with van der Waals surface area (Å²) in [6.45, 7) is 6.58. The summed E-state index contributed by atoms with van der Waals surface area (Å²) in [5.41, 5.74) is 1.76. The number of carbonyl (C=O) groups excluding carboxylic acids is 1. The number of sulfonamides is 1. The Morgan fingerprint density at radius 1 is 1.21 bits per heavy atom. The van der Waals surface area contributed by atoms with Crippen LogP contribution in [0, 0.1) is 0 Å². The Morgan fingerprint density at radius 3 is 2.69 bits per heavy atom. The van der Waals surface area contributed by atoms with Gasteiger partial charge in [0.2, 0.25) is 15.9 Å². The number of benzene rings is 2. The molecule has 2 aromatic carbocycles. The van der Waals surface area contributed by atoms with Gasteiger partial charge in [0.1, 0.15) is 0 Å². The van der Waals surface area contributed by atoms with Crippen molar-refractivity contribution in [3.05, 3.63) is 54.1 Å². The molecular weight excluding hydrogens is 406 g/mol. The molecule has 3 rings (SSSR count). The fourth-order valence-electron chi connectivity index (χ4n) is 3.21. The maximum absolute atomic E-state index is 12.7. The summed E-state index contributed by atoms with van der Waals surface area (Å²) in [5, 5.41) is 2.97. The molecule has 0 bridgehead atoms. The molecule has 1 heterocycles. The molecule has 0 aromatic heterocycles. The number of fused-ring (bicyclic) bond motifs is 1. The molecular formula is C21H27N3O3S2. The van der Waals surface area contributed by atoms with E-state index >= 15 is 0 Å². The lowest BCUT2D eigenvalue weighted by Gasteiger charge is -2.20. The van der Waals surface area contributed by atoms with E-state index in [2.05, 4.69) is 34.0 Å². The minimum atomic E-state index is -3.65. The number of nitrogens with one attached hydrogen (secondary N) is 2. The standard InChI is InChI=1S/C21H27N3O3S2/c1-3-24(15-17-7-5-4-6-8-17)12-11-22-29(26,27)18-9-10-20-19(14-18)23-21(25)13-16(2)28-20/h4-10,14,16,22H,3,11-13,15H2,1-2H3,(H,23,25)/t16-/m1/s1. The molecule has 0 saturated heterocycles. The maximum atomic E-state index is 12.7. The van der Waals surface area contributed by atoms with Crippen LogP contribution in [0.1, 0.15) is 25.8 Å². The fraction of sp³-hybridized carbons (Fsp3) is 0.381. The van der Waals surface area contributed by atoms with E-state index in [9.17, 15) is 13.2 Å². The van der Waals surface area contributed by atoms with Crippen LogP contribution in [0.25, 0.3) is 0 Å². The zero-order valence-corrected chi connectivity index (χ0v) is 18.4. The predicted octanol–water partition coefficient (Wildman–Crippen LogP) is 3.31. The molecule has 0 radical (unpaired) electrons. The van der Waals surface area contributed by atoms with Gasteiger partial charge in [-0.05, 0) is 30.3 Å². The number of anilines is 1. The summed E-state index contributed by atoms with van der Waals surface area (Å²) in [7, 11) is -3.65. The molecule has 1 amide bonds. The number of hydrogen-bond acceptors (Lipinski definition) is 5. The highest BCUT2D eigenvalue weighted by Gasteiger charge is 2.22. The van der Waals surface area contributed by atoms with Crippen molar-refractivity contribution in [1.29, 1.82) is 0 Å². The highest BCUT2D eigenvalue weighted by molar-refractivity contribution is 8.00. The quantitative estimate of drug-likeness (QED) is 0.668. The summed E-state index contributed by atoms with van der Waals surface area (Å²) in [5.74, 6) is -0.0919. The third-order valence-corrected chi connectivity index (χ3v) is 7.39. The molecule has 0 aliphatic carbocycles. The van der Waals surface area contributed by atoms with Crippen LogP contribution < -0.4 is 10.0 Å². The molecule has 0 saturated carbocycles. The van der Waals surface area contributed by atoms with E-state index in [0.29, 0.717) is 25.2 Å². The Morgan fingerprint density at radius 2 is 1.97 bits per heavy atom. The first-order chi connectivity index (χ1) is 13.9. The molecule has 1 aliphatic rings. The molecule has 0 fully saturated rings. The van der Waals surface area contributed by atoms with Crippen molar-refractivity contribution in [2.45, 2.75) is 41.9 Å². The van der Waals surface area contributed by atoms with E-state index in [1.54, 1.807) is 30.0 Å². The van der Waals surface area contributed by atoms with Gasteiger partial charge in [-0.1, -0.05) is 44.2 Å². The Kier molecular flexibility index (Phi) is 7.34. The third kappa shape index (κ3) is 6.05. The van der Waals surface area contributed by atoms with Crippen LogP contribution >= 0.6 is 11.8 Å². The lowest BCUT2D eigenvalue weighted by atomic mass is 10.2. The van der Waals surface area contributed by atoms with Crippen molar-refractivity contribution in [2.24, 2.45) is 0 Å². The molecule has 0 unspecified atom stereocenters. The van der Waals surface area contributed by atoms with Crippen molar-refractivity contribution in [1.82, 2.24) is 9.62 Å². The summed E-state index contributed by atoms with van der Waals surface area (Å²) in [4.78, 5) is 15.2. The zero-order valence-electron chi connectivity index (χ0n) is 16.7. The molecule has 8 heteroatoms. The second-order valence-electron chi connectivity index (χ2n) is 7.09. The number of amides is 1. The first kappa shape index (κ1) is 21.8. The smallest absolute Gasteiger partial charge is 0.240 e. The van der Waals surface area contributed by atoms with E-state index < -0.39 is 10.0 Å². The van der Waals surface area contributed by atoms with Crippen LogP contribution in [-0.4, -0.2) is 44.1 Å². The molecule has 1 atom stereocenters. The van der Waals surface area contributed by atoms with Crippen molar-refractivity contribution < 1.29 is 13.2 Å². The van der Waals surface area contributed by atoms with E-state index in [1.165, 1.54) is 5.56 Å². The molecule has 156 valence electrons. The average Bonchev–Trinajstić information content (AvgIpc) is 2.83. The van der Waals surface area contributed by atoms with Crippen LogP contribution in [0.15, 0.2) is 58.3 Å². The Bertz CT molecular complexity index is 949. The molecule has 1 aliphatic heterocycles. The van der Waals surface area contributed by atoms with Gasteiger partial charge >= 0.3 is 0 Å². The molecule has 0 spiro atoms. The van der Waals surface area contributed by atoms with Crippen molar-refractivity contribution >= 4 is 33.4 Å². The van der Waals surface area contributed by atoms with Gasteiger partial charge in [-0.25, -0.2) is 13.1 Å². The zero-order chi connectivity index (χ0) is 20.9. The first-order valence-corrected chi connectivity index (χ1v) is 12.1. The summed E-state index contributed by atoms with van der Waals surface area (Å²) < 4.78 is 28.1. The Hall–Kier alpha value is -1.87. The SMILES string of the molecule is CCN(CCNS(=O)(=O)c1ccc2c(c1)NC(=O)C[C@@H](C)S2)Cc1ccccc1. The second kappa shape index (κ2) is 9.75. The Balaban J connectivity index is 1.63. The number of hydrogen-bond donors (Lipinski definition) is 2. The van der Waals surface area contributed by atoms with Crippen LogP contribution in [0.5, 0.6) is 0 Å². The molecule has 2 N–H and O–H groups in total. The topological polar surface area (TPSA) is 78.5 Å². The van der Waals surface area contributed by atoms with Crippen LogP contribution in [-0.2, 0) is 21.4 Å². The average molecular weight is 434 g/mol. The number of thioether (sulfide) groups is 1. The fourth-order valence-corrected chi connectivity index (χ4v) is 5.31. The van der Waals surface area contributed by atoms with Gasteiger partial charge in [-0.2, -0.15) is 0 Å². The predicted molar refractivity (Wildman–Crippen MR) is 118 cm³/mol. The summed E-state index contributed by atoms with van der Waals surface area (Å²) in [6, 6.07) is 15.0. The van der Waals surface area contributed by atoms with Crippen LogP contribution in [0.3, 0.4) is 0 Å². The maximum Gasteiger partial charge on any atom is 0.240 e. The molecule has 2 aromatic rings. The van der Waals surface area contributed by atoms with Crippen molar-refractivity contribution in [3.8, 4) is 0 Å². The third-order valence-electron chi connectivity index (χ3n) is 4.75. The second-order valence-corrected chi connectivity index (χ2v) is 10.3. The minimum Gasteiger partial charge on any atom is -0.325 e. The number of likely N-dealkylation sites (N-methyl/N-ethyl adjacent to an activating group) is 1. The number of rotatable bonds is 8. The monoisotopic (exact) mass is 433 g/mol. The Labute approximate surface area is 177 Å². The number of nitrogens with zero attached hydrogens (tertiary/aromatic N) is 1.